The number of halogens is 4. The molecular formula is C24H20F4N2O4S. The van der Waals surface area contributed by atoms with Crippen LogP contribution in [0.2, 0.25) is 0 Å². The highest BCUT2D eigenvalue weighted by atomic mass is 32.2. The normalized spacial score (nSPS) is 14.7. The average molecular weight is 508 g/mol. The van der Waals surface area contributed by atoms with Gasteiger partial charge < -0.3 is 9.40 Å². The smallest absolute Gasteiger partial charge is 0.317 e. The fraction of sp³-hybridized carbons (Fsp3) is 0.250. The Labute approximate surface area is 198 Å². The third-order valence-corrected chi connectivity index (χ3v) is 6.70. The molecule has 0 N–H and O–H groups in total. The van der Waals surface area contributed by atoms with Crippen molar-refractivity contribution in [2.75, 3.05) is 6.26 Å². The van der Waals surface area contributed by atoms with Crippen molar-refractivity contribution in [1.82, 2.24) is 4.57 Å². The molecule has 0 atom stereocenters. The molecule has 1 aromatic heterocycles. The number of sulfone groups is 1. The number of aromatic nitrogens is 1. The molecule has 4 rings (SSSR count). The average Bonchev–Trinajstić information content (AvgIpc) is 3.58. The van der Waals surface area contributed by atoms with Crippen LogP contribution in [0.1, 0.15) is 24.1 Å². The first-order valence-corrected chi connectivity index (χ1v) is 12.4. The zero-order valence-corrected chi connectivity index (χ0v) is 19.5. The van der Waals surface area contributed by atoms with Crippen LogP contribution < -0.4 is 0 Å². The van der Waals surface area contributed by atoms with Gasteiger partial charge in [0.15, 0.2) is 15.5 Å². The zero-order valence-electron chi connectivity index (χ0n) is 18.6. The maximum Gasteiger partial charge on any atom is 0.437 e. The molecule has 1 fully saturated rings. The van der Waals surface area contributed by atoms with E-state index in [1.807, 2.05) is 0 Å². The van der Waals surface area contributed by atoms with Crippen molar-refractivity contribution >= 4 is 21.5 Å². The van der Waals surface area contributed by atoms with Crippen molar-refractivity contribution in [1.29, 1.82) is 0 Å². The van der Waals surface area contributed by atoms with Crippen molar-refractivity contribution in [3.05, 3.63) is 71.7 Å². The fourth-order valence-electron chi connectivity index (χ4n) is 3.59. The summed E-state index contributed by atoms with van der Waals surface area (Å²) < 4.78 is 80.6. The molecule has 0 aliphatic heterocycles. The molecular weight excluding hydrogens is 488 g/mol. The first-order valence-electron chi connectivity index (χ1n) is 10.5. The summed E-state index contributed by atoms with van der Waals surface area (Å²) >= 11 is 0. The standard InChI is InChI=1S/C24H20F4N2O4S/c1-14-20(22(24(26,27)28)29-34-23(31)16-3-4-16)13-21(30(14)18-9-7-17(25)8-10-18)15-5-11-19(12-6-15)35(2,32)33/h5-13,16H,3-4H2,1-2H3/b29-22+. The van der Waals surface area contributed by atoms with Gasteiger partial charge in [-0.15, -0.1) is 0 Å². The third-order valence-electron chi connectivity index (χ3n) is 5.57. The Morgan fingerprint density at radius 2 is 1.66 bits per heavy atom. The van der Waals surface area contributed by atoms with Gasteiger partial charge in [0.25, 0.3) is 0 Å². The van der Waals surface area contributed by atoms with E-state index in [4.69, 9.17) is 0 Å². The number of oxime groups is 1. The number of alkyl halides is 3. The summed E-state index contributed by atoms with van der Waals surface area (Å²) in [6.45, 7) is 1.43. The molecule has 35 heavy (non-hydrogen) atoms. The zero-order chi connectivity index (χ0) is 25.5. The van der Waals surface area contributed by atoms with E-state index in [1.165, 1.54) is 66.1 Å². The highest BCUT2D eigenvalue weighted by Gasteiger charge is 2.41. The first kappa shape index (κ1) is 24.6. The van der Waals surface area contributed by atoms with E-state index in [0.717, 1.165) is 6.26 Å². The van der Waals surface area contributed by atoms with E-state index < -0.39 is 39.4 Å². The largest absolute Gasteiger partial charge is 0.437 e. The van der Waals surface area contributed by atoms with E-state index in [0.29, 0.717) is 24.1 Å². The van der Waals surface area contributed by atoms with E-state index in [-0.39, 0.29) is 21.8 Å². The van der Waals surface area contributed by atoms with Gasteiger partial charge >= 0.3 is 12.1 Å². The minimum Gasteiger partial charge on any atom is -0.317 e. The summed E-state index contributed by atoms with van der Waals surface area (Å²) in [6.07, 6.45) is -2.81. The molecule has 6 nitrogen and oxygen atoms in total. The van der Waals surface area contributed by atoms with Gasteiger partial charge in [-0.3, -0.25) is 0 Å². The van der Waals surface area contributed by atoms with Gasteiger partial charge in [0.2, 0.25) is 0 Å². The van der Waals surface area contributed by atoms with E-state index in [1.54, 1.807) is 0 Å². The SMILES string of the molecule is Cc1c(/C(=N\OC(=O)C2CC2)C(F)(F)F)cc(-c2ccc(S(C)(=O)=O)cc2)n1-c1ccc(F)cc1. The molecule has 1 aliphatic carbocycles. The van der Waals surface area contributed by atoms with E-state index in [2.05, 4.69) is 9.99 Å². The number of nitrogens with zero attached hydrogens (tertiary/aromatic N) is 2. The Morgan fingerprint density at radius 1 is 1.06 bits per heavy atom. The molecule has 11 heteroatoms. The minimum atomic E-state index is -4.94. The summed E-state index contributed by atoms with van der Waals surface area (Å²) in [4.78, 5) is 16.5. The Bertz CT molecular complexity index is 1400. The molecule has 0 amide bonds. The lowest BCUT2D eigenvalue weighted by atomic mass is 10.1. The number of hydrogen-bond donors (Lipinski definition) is 0. The number of carbonyl (C=O) groups is 1. The van der Waals surface area contributed by atoms with Crippen LogP contribution in [0.15, 0.2) is 64.6 Å². The molecule has 1 aliphatic rings. The van der Waals surface area contributed by atoms with Crippen LogP contribution in [0.3, 0.4) is 0 Å². The number of benzene rings is 2. The summed E-state index contributed by atoms with van der Waals surface area (Å²) in [7, 11) is -3.49. The van der Waals surface area contributed by atoms with Crippen LogP contribution in [0.5, 0.6) is 0 Å². The lowest BCUT2D eigenvalue weighted by Gasteiger charge is -2.14. The Hall–Kier alpha value is -3.47. The number of carbonyl (C=O) groups excluding carboxylic acids is 1. The van der Waals surface area contributed by atoms with Gasteiger partial charge in [0.05, 0.1) is 16.5 Å². The van der Waals surface area contributed by atoms with Gasteiger partial charge in [0, 0.05) is 23.2 Å². The molecule has 0 spiro atoms. The first-order chi connectivity index (χ1) is 16.4. The van der Waals surface area contributed by atoms with Crippen LogP contribution >= 0.6 is 0 Å². The maximum absolute atomic E-state index is 14.0. The molecule has 3 aromatic rings. The molecule has 2 aromatic carbocycles. The topological polar surface area (TPSA) is 77.7 Å². The second-order valence-electron chi connectivity index (χ2n) is 8.26. The molecule has 0 radical (unpaired) electrons. The Balaban J connectivity index is 1.89. The highest BCUT2D eigenvalue weighted by molar-refractivity contribution is 7.90. The highest BCUT2D eigenvalue weighted by Crippen LogP contribution is 2.35. The van der Waals surface area contributed by atoms with Crippen molar-refractivity contribution in [2.45, 2.75) is 30.8 Å². The van der Waals surface area contributed by atoms with Crippen LogP contribution in [-0.4, -0.2) is 37.1 Å². The van der Waals surface area contributed by atoms with Crippen LogP contribution in [0.25, 0.3) is 16.9 Å². The third kappa shape index (κ3) is 5.29. The van der Waals surface area contributed by atoms with Gasteiger partial charge in [-0.05, 0) is 67.8 Å². The van der Waals surface area contributed by atoms with Crippen molar-refractivity contribution in [2.24, 2.45) is 11.1 Å². The van der Waals surface area contributed by atoms with Gasteiger partial charge in [0.1, 0.15) is 5.82 Å². The lowest BCUT2D eigenvalue weighted by Crippen LogP contribution is -2.25. The van der Waals surface area contributed by atoms with Gasteiger partial charge in [-0.25, -0.2) is 17.6 Å². The predicted octanol–water partition coefficient (Wildman–Crippen LogP) is 5.21. The Morgan fingerprint density at radius 3 is 2.17 bits per heavy atom. The fourth-order valence-corrected chi connectivity index (χ4v) is 4.22. The van der Waals surface area contributed by atoms with E-state index in [9.17, 15) is 30.8 Å². The summed E-state index contributed by atoms with van der Waals surface area (Å²) in [6, 6.07) is 12.0. The lowest BCUT2D eigenvalue weighted by molar-refractivity contribution is -0.145. The molecule has 0 unspecified atom stereocenters. The summed E-state index contributed by atoms with van der Waals surface area (Å²) in [5.74, 6) is -1.79. The molecule has 1 heterocycles. The Kier molecular flexibility index (Phi) is 6.31. The summed E-state index contributed by atoms with van der Waals surface area (Å²) in [5, 5.41) is 3.18. The van der Waals surface area contributed by atoms with Crippen LogP contribution in [0, 0.1) is 18.7 Å². The minimum absolute atomic E-state index is 0.0441. The summed E-state index contributed by atoms with van der Waals surface area (Å²) in [5.41, 5.74) is -0.570. The second kappa shape index (κ2) is 8.95. The molecule has 1 saturated carbocycles. The predicted molar refractivity (Wildman–Crippen MR) is 120 cm³/mol. The number of rotatable bonds is 6. The van der Waals surface area contributed by atoms with E-state index >= 15 is 0 Å². The maximum atomic E-state index is 14.0. The van der Waals surface area contributed by atoms with Crippen LogP contribution in [0.4, 0.5) is 17.6 Å². The monoisotopic (exact) mass is 508 g/mol. The van der Waals surface area contributed by atoms with Crippen molar-refractivity contribution in [3.8, 4) is 16.9 Å². The van der Waals surface area contributed by atoms with Crippen LogP contribution in [-0.2, 0) is 19.5 Å². The second-order valence-corrected chi connectivity index (χ2v) is 10.3. The quantitative estimate of drug-likeness (QED) is 0.198. The van der Waals surface area contributed by atoms with Gasteiger partial charge in [-0.1, -0.05) is 17.3 Å². The number of hydrogen-bond acceptors (Lipinski definition) is 5. The van der Waals surface area contributed by atoms with Crippen molar-refractivity contribution < 1.29 is 35.6 Å². The molecule has 184 valence electrons. The molecule has 0 bridgehead atoms. The van der Waals surface area contributed by atoms with Crippen molar-refractivity contribution in [3.63, 3.8) is 0 Å². The van der Waals surface area contributed by atoms with Gasteiger partial charge in [-0.2, -0.15) is 13.2 Å². The molecule has 0 saturated heterocycles.